The van der Waals surface area contributed by atoms with Crippen molar-refractivity contribution in [3.63, 3.8) is 0 Å². The fourth-order valence-corrected chi connectivity index (χ4v) is 2.46. The minimum absolute atomic E-state index is 0.103. The van der Waals surface area contributed by atoms with Gasteiger partial charge in [0.05, 0.1) is 12.5 Å². The molecule has 1 heterocycles. The Morgan fingerprint density at radius 3 is 3.06 bits per heavy atom. The van der Waals surface area contributed by atoms with Crippen LogP contribution in [0.5, 0.6) is 0 Å². The van der Waals surface area contributed by atoms with E-state index in [1.54, 1.807) is 0 Å². The summed E-state index contributed by atoms with van der Waals surface area (Å²) in [6.45, 7) is 3.73. The Bertz CT molecular complexity index is 408. The molecule has 1 N–H and O–H groups in total. The van der Waals surface area contributed by atoms with Gasteiger partial charge < -0.3 is 10.1 Å². The van der Waals surface area contributed by atoms with Gasteiger partial charge in [-0.1, -0.05) is 23.7 Å². The average molecular weight is 254 g/mol. The van der Waals surface area contributed by atoms with Gasteiger partial charge in [0, 0.05) is 24.0 Å². The molecular weight excluding hydrogens is 238 g/mol. The SMILES string of the molecule is CCOC(=O)C1CNCC1c1cccc(Cl)c1. The summed E-state index contributed by atoms with van der Waals surface area (Å²) in [5.74, 6) is -0.0661. The second-order valence-electron chi connectivity index (χ2n) is 4.18. The molecule has 17 heavy (non-hydrogen) atoms. The molecule has 4 heteroatoms. The zero-order valence-corrected chi connectivity index (χ0v) is 10.5. The summed E-state index contributed by atoms with van der Waals surface area (Å²) in [6.07, 6.45) is 0. The van der Waals surface area contributed by atoms with Gasteiger partial charge in [-0.25, -0.2) is 0 Å². The summed E-state index contributed by atoms with van der Waals surface area (Å²) in [6, 6.07) is 7.69. The Morgan fingerprint density at radius 1 is 1.53 bits per heavy atom. The number of hydrogen-bond acceptors (Lipinski definition) is 3. The van der Waals surface area contributed by atoms with E-state index >= 15 is 0 Å². The van der Waals surface area contributed by atoms with E-state index in [0.29, 0.717) is 18.2 Å². The highest BCUT2D eigenvalue weighted by Gasteiger charge is 2.34. The lowest BCUT2D eigenvalue weighted by atomic mass is 9.89. The first-order valence-electron chi connectivity index (χ1n) is 5.85. The number of nitrogens with one attached hydrogen (secondary N) is 1. The van der Waals surface area contributed by atoms with Crippen molar-refractivity contribution in [1.29, 1.82) is 0 Å². The van der Waals surface area contributed by atoms with Crippen LogP contribution < -0.4 is 5.32 Å². The zero-order chi connectivity index (χ0) is 12.3. The highest BCUT2D eigenvalue weighted by Crippen LogP contribution is 2.30. The lowest BCUT2D eigenvalue weighted by Gasteiger charge is -2.17. The molecule has 0 spiro atoms. The van der Waals surface area contributed by atoms with Crippen molar-refractivity contribution in [1.82, 2.24) is 5.32 Å². The monoisotopic (exact) mass is 253 g/mol. The predicted molar refractivity (Wildman–Crippen MR) is 67.2 cm³/mol. The van der Waals surface area contributed by atoms with E-state index in [1.807, 2.05) is 31.2 Å². The molecular formula is C13H16ClNO2. The Morgan fingerprint density at radius 2 is 2.35 bits per heavy atom. The second kappa shape index (κ2) is 5.52. The van der Waals surface area contributed by atoms with Crippen molar-refractivity contribution < 1.29 is 9.53 Å². The van der Waals surface area contributed by atoms with Crippen molar-refractivity contribution in [2.75, 3.05) is 19.7 Å². The lowest BCUT2D eigenvalue weighted by Crippen LogP contribution is -2.24. The third-order valence-corrected chi connectivity index (χ3v) is 3.32. The third-order valence-electron chi connectivity index (χ3n) is 3.08. The summed E-state index contributed by atoms with van der Waals surface area (Å²) in [5, 5.41) is 3.94. The molecule has 0 bridgehead atoms. The summed E-state index contributed by atoms with van der Waals surface area (Å²) in [7, 11) is 0. The first-order valence-corrected chi connectivity index (χ1v) is 6.23. The van der Waals surface area contributed by atoms with Crippen LogP contribution >= 0.6 is 11.6 Å². The molecule has 1 aromatic carbocycles. The third kappa shape index (κ3) is 2.79. The molecule has 1 aromatic rings. The van der Waals surface area contributed by atoms with Gasteiger partial charge in [-0.3, -0.25) is 4.79 Å². The normalized spacial score (nSPS) is 23.6. The van der Waals surface area contributed by atoms with Crippen LogP contribution in [-0.4, -0.2) is 25.7 Å². The van der Waals surface area contributed by atoms with Gasteiger partial charge in [-0.2, -0.15) is 0 Å². The average Bonchev–Trinajstić information content (AvgIpc) is 2.78. The van der Waals surface area contributed by atoms with Gasteiger partial charge in [0.25, 0.3) is 0 Å². The number of carbonyl (C=O) groups excluding carboxylic acids is 1. The minimum Gasteiger partial charge on any atom is -0.466 e. The Labute approximate surface area is 106 Å². The summed E-state index contributed by atoms with van der Waals surface area (Å²) in [4.78, 5) is 11.8. The smallest absolute Gasteiger partial charge is 0.310 e. The predicted octanol–water partition coefficient (Wildman–Crippen LogP) is 2.21. The first-order chi connectivity index (χ1) is 8.22. The molecule has 0 aliphatic carbocycles. The number of benzene rings is 1. The maximum absolute atomic E-state index is 11.8. The van der Waals surface area contributed by atoms with Gasteiger partial charge in [-0.05, 0) is 24.6 Å². The Balaban J connectivity index is 2.17. The van der Waals surface area contributed by atoms with E-state index in [9.17, 15) is 4.79 Å². The zero-order valence-electron chi connectivity index (χ0n) is 9.78. The van der Waals surface area contributed by atoms with Crippen molar-refractivity contribution in [2.24, 2.45) is 5.92 Å². The van der Waals surface area contributed by atoms with E-state index in [0.717, 1.165) is 12.1 Å². The van der Waals surface area contributed by atoms with Crippen LogP contribution in [0.2, 0.25) is 5.02 Å². The van der Waals surface area contributed by atoms with Gasteiger partial charge in [0.1, 0.15) is 0 Å². The number of esters is 1. The van der Waals surface area contributed by atoms with E-state index in [-0.39, 0.29) is 17.8 Å². The molecule has 1 saturated heterocycles. The summed E-state index contributed by atoms with van der Waals surface area (Å²) >= 11 is 5.98. The highest BCUT2D eigenvalue weighted by molar-refractivity contribution is 6.30. The van der Waals surface area contributed by atoms with E-state index < -0.39 is 0 Å². The maximum atomic E-state index is 11.8. The van der Waals surface area contributed by atoms with Gasteiger partial charge >= 0.3 is 5.97 Å². The van der Waals surface area contributed by atoms with E-state index in [4.69, 9.17) is 16.3 Å². The van der Waals surface area contributed by atoms with E-state index in [2.05, 4.69) is 5.32 Å². The largest absolute Gasteiger partial charge is 0.466 e. The summed E-state index contributed by atoms with van der Waals surface area (Å²) < 4.78 is 5.10. The first kappa shape index (κ1) is 12.4. The van der Waals surface area contributed by atoms with Crippen molar-refractivity contribution in [3.8, 4) is 0 Å². The topological polar surface area (TPSA) is 38.3 Å². The Kier molecular flexibility index (Phi) is 4.02. The van der Waals surface area contributed by atoms with Crippen LogP contribution in [0.25, 0.3) is 0 Å². The van der Waals surface area contributed by atoms with Gasteiger partial charge in [0.2, 0.25) is 0 Å². The maximum Gasteiger partial charge on any atom is 0.310 e. The fraction of sp³-hybridized carbons (Fsp3) is 0.462. The van der Waals surface area contributed by atoms with Crippen LogP contribution in [-0.2, 0) is 9.53 Å². The number of hydrogen-bond donors (Lipinski definition) is 1. The molecule has 1 aliphatic rings. The molecule has 0 radical (unpaired) electrons. The molecule has 2 atom stereocenters. The molecule has 0 saturated carbocycles. The molecule has 1 aliphatic heterocycles. The highest BCUT2D eigenvalue weighted by atomic mass is 35.5. The standard InChI is InChI=1S/C13H16ClNO2/c1-2-17-13(16)12-8-15-7-11(12)9-4-3-5-10(14)6-9/h3-6,11-12,15H,2,7-8H2,1H3. The molecule has 0 aromatic heterocycles. The van der Waals surface area contributed by atoms with Crippen LogP contribution in [0, 0.1) is 5.92 Å². The van der Waals surface area contributed by atoms with Crippen molar-refractivity contribution in [2.45, 2.75) is 12.8 Å². The minimum atomic E-state index is -0.123. The summed E-state index contributed by atoms with van der Waals surface area (Å²) in [5.41, 5.74) is 1.10. The Hall–Kier alpha value is -1.06. The quantitative estimate of drug-likeness (QED) is 0.840. The number of halogens is 1. The van der Waals surface area contributed by atoms with Crippen LogP contribution in [0.1, 0.15) is 18.4 Å². The molecule has 0 amide bonds. The number of rotatable bonds is 3. The van der Waals surface area contributed by atoms with Gasteiger partial charge in [-0.15, -0.1) is 0 Å². The number of ether oxygens (including phenoxy) is 1. The molecule has 92 valence electrons. The lowest BCUT2D eigenvalue weighted by molar-refractivity contribution is -0.147. The second-order valence-corrected chi connectivity index (χ2v) is 4.61. The van der Waals surface area contributed by atoms with Crippen LogP contribution in [0.4, 0.5) is 0 Å². The molecule has 3 nitrogen and oxygen atoms in total. The fourth-order valence-electron chi connectivity index (χ4n) is 2.26. The molecule has 2 unspecified atom stereocenters. The molecule has 2 rings (SSSR count). The van der Waals surface area contributed by atoms with Crippen LogP contribution in [0.3, 0.4) is 0 Å². The van der Waals surface area contributed by atoms with Crippen molar-refractivity contribution in [3.05, 3.63) is 34.9 Å². The van der Waals surface area contributed by atoms with Gasteiger partial charge in [0.15, 0.2) is 0 Å². The van der Waals surface area contributed by atoms with E-state index in [1.165, 1.54) is 0 Å². The van der Waals surface area contributed by atoms with Crippen LogP contribution in [0.15, 0.2) is 24.3 Å². The van der Waals surface area contributed by atoms with Crippen molar-refractivity contribution >= 4 is 17.6 Å². The number of carbonyl (C=O) groups is 1. The molecule has 1 fully saturated rings.